The highest BCUT2D eigenvalue weighted by molar-refractivity contribution is 5.82. The average molecular weight is 246 g/mol. The molecule has 0 heterocycles. The van der Waals surface area contributed by atoms with E-state index in [0.717, 1.165) is 6.42 Å². The zero-order valence-corrected chi connectivity index (χ0v) is 11.0. The van der Waals surface area contributed by atoms with E-state index >= 15 is 0 Å². The standard InChI is InChI=1S/C11H22N2O4/c1-11(2,3)17-10(15)13-8-9(14)12-6-5-7-16-4/h5-8H2,1-4H3,(H,12,14)(H,13,15). The Balaban J connectivity index is 3.59. The zero-order valence-electron chi connectivity index (χ0n) is 11.0. The molecule has 0 aliphatic carbocycles. The Hall–Kier alpha value is -1.30. The molecule has 0 radical (unpaired) electrons. The quantitative estimate of drug-likeness (QED) is 0.675. The van der Waals surface area contributed by atoms with Gasteiger partial charge in [0.2, 0.25) is 5.91 Å². The van der Waals surface area contributed by atoms with Gasteiger partial charge in [-0.05, 0) is 27.2 Å². The third-order valence-electron chi connectivity index (χ3n) is 1.64. The lowest BCUT2D eigenvalue weighted by molar-refractivity contribution is -0.120. The number of rotatable bonds is 6. The van der Waals surface area contributed by atoms with Gasteiger partial charge in [-0.3, -0.25) is 4.79 Å². The number of ether oxygens (including phenoxy) is 2. The maximum absolute atomic E-state index is 11.3. The Kier molecular flexibility index (Phi) is 7.29. The Morgan fingerprint density at radius 2 is 1.82 bits per heavy atom. The van der Waals surface area contributed by atoms with Crippen LogP contribution in [0.5, 0.6) is 0 Å². The van der Waals surface area contributed by atoms with Gasteiger partial charge in [-0.25, -0.2) is 4.79 Å². The second kappa shape index (κ2) is 7.89. The average Bonchev–Trinajstić information content (AvgIpc) is 2.19. The summed E-state index contributed by atoms with van der Waals surface area (Å²) in [5.41, 5.74) is -0.557. The summed E-state index contributed by atoms with van der Waals surface area (Å²) in [4.78, 5) is 22.5. The van der Waals surface area contributed by atoms with Crippen molar-refractivity contribution in [2.75, 3.05) is 26.8 Å². The molecule has 0 bridgehead atoms. The van der Waals surface area contributed by atoms with Crippen LogP contribution in [0.1, 0.15) is 27.2 Å². The molecule has 0 saturated carbocycles. The van der Waals surface area contributed by atoms with Gasteiger partial charge in [-0.2, -0.15) is 0 Å². The van der Waals surface area contributed by atoms with Crippen LogP contribution in [-0.2, 0) is 14.3 Å². The monoisotopic (exact) mass is 246 g/mol. The molecular weight excluding hydrogens is 224 g/mol. The molecule has 0 spiro atoms. The first kappa shape index (κ1) is 15.7. The van der Waals surface area contributed by atoms with E-state index in [1.54, 1.807) is 27.9 Å². The molecule has 0 atom stereocenters. The fraction of sp³-hybridized carbons (Fsp3) is 0.818. The Bertz CT molecular complexity index is 248. The van der Waals surface area contributed by atoms with Crippen LogP contribution in [0.3, 0.4) is 0 Å². The first-order valence-corrected chi connectivity index (χ1v) is 5.57. The van der Waals surface area contributed by atoms with Crippen LogP contribution in [0.4, 0.5) is 4.79 Å². The number of methoxy groups -OCH3 is 1. The van der Waals surface area contributed by atoms with Gasteiger partial charge in [0.05, 0.1) is 6.54 Å². The molecule has 6 heteroatoms. The lowest BCUT2D eigenvalue weighted by Crippen LogP contribution is -2.40. The molecule has 0 aliphatic rings. The number of carbonyl (C=O) groups is 2. The Morgan fingerprint density at radius 1 is 1.18 bits per heavy atom. The lowest BCUT2D eigenvalue weighted by atomic mass is 10.2. The summed E-state index contributed by atoms with van der Waals surface area (Å²) in [5, 5.41) is 5.02. The smallest absolute Gasteiger partial charge is 0.408 e. The van der Waals surface area contributed by atoms with Crippen molar-refractivity contribution in [3.8, 4) is 0 Å². The van der Waals surface area contributed by atoms with Gasteiger partial charge in [-0.15, -0.1) is 0 Å². The molecule has 0 rings (SSSR count). The lowest BCUT2D eigenvalue weighted by Gasteiger charge is -2.19. The number of alkyl carbamates (subject to hydrolysis) is 1. The van der Waals surface area contributed by atoms with E-state index < -0.39 is 11.7 Å². The number of amides is 2. The molecule has 100 valence electrons. The molecule has 0 saturated heterocycles. The van der Waals surface area contributed by atoms with Gasteiger partial charge in [0.15, 0.2) is 0 Å². The molecule has 0 aromatic heterocycles. The number of nitrogens with one attached hydrogen (secondary N) is 2. The largest absolute Gasteiger partial charge is 0.444 e. The summed E-state index contributed by atoms with van der Waals surface area (Å²) >= 11 is 0. The second-order valence-electron chi connectivity index (χ2n) is 4.55. The van der Waals surface area contributed by atoms with Crippen molar-refractivity contribution in [3.63, 3.8) is 0 Å². The highest BCUT2D eigenvalue weighted by Gasteiger charge is 2.16. The minimum absolute atomic E-state index is 0.0815. The summed E-state index contributed by atoms with van der Waals surface area (Å²) in [5.74, 6) is -0.244. The zero-order chi connectivity index (χ0) is 13.3. The van der Waals surface area contributed by atoms with Crippen molar-refractivity contribution >= 4 is 12.0 Å². The van der Waals surface area contributed by atoms with Gasteiger partial charge in [-0.1, -0.05) is 0 Å². The van der Waals surface area contributed by atoms with E-state index in [4.69, 9.17) is 9.47 Å². The summed E-state index contributed by atoms with van der Waals surface area (Å²) in [6, 6.07) is 0. The van der Waals surface area contributed by atoms with Gasteiger partial charge in [0.1, 0.15) is 5.60 Å². The third-order valence-corrected chi connectivity index (χ3v) is 1.64. The van der Waals surface area contributed by atoms with E-state index in [-0.39, 0.29) is 12.5 Å². The fourth-order valence-electron chi connectivity index (χ4n) is 0.973. The van der Waals surface area contributed by atoms with E-state index in [2.05, 4.69) is 10.6 Å². The van der Waals surface area contributed by atoms with Crippen molar-refractivity contribution < 1.29 is 19.1 Å². The first-order chi connectivity index (χ1) is 7.85. The van der Waals surface area contributed by atoms with E-state index in [0.29, 0.717) is 13.2 Å². The van der Waals surface area contributed by atoms with Crippen LogP contribution < -0.4 is 10.6 Å². The molecular formula is C11H22N2O4. The van der Waals surface area contributed by atoms with Gasteiger partial charge < -0.3 is 20.1 Å². The summed E-state index contributed by atoms with van der Waals surface area (Å²) in [7, 11) is 1.60. The summed E-state index contributed by atoms with van der Waals surface area (Å²) < 4.78 is 9.82. The van der Waals surface area contributed by atoms with E-state index in [1.165, 1.54) is 0 Å². The molecule has 0 aliphatic heterocycles. The van der Waals surface area contributed by atoms with Gasteiger partial charge in [0.25, 0.3) is 0 Å². The number of carbonyl (C=O) groups excluding carboxylic acids is 2. The summed E-state index contributed by atoms with van der Waals surface area (Å²) in [6.45, 7) is 6.33. The topological polar surface area (TPSA) is 76.7 Å². The van der Waals surface area contributed by atoms with Crippen molar-refractivity contribution in [2.45, 2.75) is 32.8 Å². The van der Waals surface area contributed by atoms with Crippen molar-refractivity contribution in [2.24, 2.45) is 0 Å². The summed E-state index contributed by atoms with van der Waals surface area (Å²) in [6.07, 6.45) is 0.152. The van der Waals surface area contributed by atoms with Crippen LogP contribution >= 0.6 is 0 Å². The third kappa shape index (κ3) is 11.0. The van der Waals surface area contributed by atoms with Crippen LogP contribution in [-0.4, -0.2) is 44.4 Å². The Morgan fingerprint density at radius 3 is 2.35 bits per heavy atom. The fourth-order valence-corrected chi connectivity index (χ4v) is 0.973. The van der Waals surface area contributed by atoms with Crippen molar-refractivity contribution in [1.82, 2.24) is 10.6 Å². The molecule has 2 N–H and O–H groups in total. The molecule has 0 aromatic rings. The number of hydrogen-bond donors (Lipinski definition) is 2. The first-order valence-electron chi connectivity index (χ1n) is 5.57. The van der Waals surface area contributed by atoms with Crippen LogP contribution in [0.15, 0.2) is 0 Å². The van der Waals surface area contributed by atoms with Crippen molar-refractivity contribution in [3.05, 3.63) is 0 Å². The van der Waals surface area contributed by atoms with E-state index in [1.807, 2.05) is 0 Å². The van der Waals surface area contributed by atoms with Crippen LogP contribution in [0.25, 0.3) is 0 Å². The Labute approximate surface area is 102 Å². The normalized spacial score (nSPS) is 10.8. The van der Waals surface area contributed by atoms with Crippen LogP contribution in [0, 0.1) is 0 Å². The predicted molar refractivity (Wildman–Crippen MR) is 63.7 cm³/mol. The molecule has 6 nitrogen and oxygen atoms in total. The predicted octanol–water partition coefficient (Wildman–Crippen LogP) is 0.664. The maximum atomic E-state index is 11.3. The highest BCUT2D eigenvalue weighted by atomic mass is 16.6. The second-order valence-corrected chi connectivity index (χ2v) is 4.55. The van der Waals surface area contributed by atoms with Crippen molar-refractivity contribution in [1.29, 1.82) is 0 Å². The molecule has 0 aromatic carbocycles. The molecule has 17 heavy (non-hydrogen) atoms. The maximum Gasteiger partial charge on any atom is 0.408 e. The van der Waals surface area contributed by atoms with Gasteiger partial charge in [0, 0.05) is 20.3 Å². The minimum Gasteiger partial charge on any atom is -0.444 e. The molecule has 0 fully saturated rings. The van der Waals surface area contributed by atoms with Gasteiger partial charge >= 0.3 is 6.09 Å². The van der Waals surface area contributed by atoms with E-state index in [9.17, 15) is 9.59 Å². The highest BCUT2D eigenvalue weighted by Crippen LogP contribution is 2.05. The van der Waals surface area contributed by atoms with Crippen LogP contribution in [0.2, 0.25) is 0 Å². The molecule has 0 unspecified atom stereocenters. The SMILES string of the molecule is COCCCNC(=O)CNC(=O)OC(C)(C)C. The minimum atomic E-state index is -0.593. The molecule has 2 amide bonds. The number of hydrogen-bond acceptors (Lipinski definition) is 4.